The summed E-state index contributed by atoms with van der Waals surface area (Å²) in [4.78, 5) is 21.7. The SMILES string of the molecule is COC(=O)c1c(C)ccc(C=O)c1O. The van der Waals surface area contributed by atoms with Crippen LogP contribution >= 0.6 is 0 Å². The summed E-state index contributed by atoms with van der Waals surface area (Å²) in [5, 5.41) is 9.54. The lowest BCUT2D eigenvalue weighted by atomic mass is 10.0. The van der Waals surface area contributed by atoms with E-state index in [1.165, 1.54) is 13.2 Å². The second-order valence-electron chi connectivity index (χ2n) is 2.80. The summed E-state index contributed by atoms with van der Waals surface area (Å²) in [6.45, 7) is 1.65. The third-order valence-electron chi connectivity index (χ3n) is 1.93. The maximum atomic E-state index is 11.2. The minimum atomic E-state index is -0.649. The Kier molecular flexibility index (Phi) is 2.86. The zero-order valence-electron chi connectivity index (χ0n) is 7.90. The van der Waals surface area contributed by atoms with E-state index < -0.39 is 5.97 Å². The van der Waals surface area contributed by atoms with Crippen molar-refractivity contribution < 1.29 is 19.4 Å². The third-order valence-corrected chi connectivity index (χ3v) is 1.93. The fourth-order valence-electron chi connectivity index (χ4n) is 1.16. The Hall–Kier alpha value is -1.84. The zero-order chi connectivity index (χ0) is 10.7. The molecule has 0 radical (unpaired) electrons. The Morgan fingerprint density at radius 3 is 2.64 bits per heavy atom. The van der Waals surface area contributed by atoms with E-state index in [4.69, 9.17) is 0 Å². The van der Waals surface area contributed by atoms with Gasteiger partial charge in [0.25, 0.3) is 0 Å². The molecule has 0 bridgehead atoms. The van der Waals surface area contributed by atoms with Gasteiger partial charge in [0.2, 0.25) is 0 Å². The molecule has 0 aromatic heterocycles. The largest absolute Gasteiger partial charge is 0.506 e. The van der Waals surface area contributed by atoms with E-state index >= 15 is 0 Å². The number of aldehydes is 1. The lowest BCUT2D eigenvalue weighted by Gasteiger charge is -2.07. The molecule has 1 aromatic rings. The zero-order valence-corrected chi connectivity index (χ0v) is 7.90. The van der Waals surface area contributed by atoms with Gasteiger partial charge in [-0.3, -0.25) is 4.79 Å². The molecule has 0 unspecified atom stereocenters. The predicted octanol–water partition coefficient (Wildman–Crippen LogP) is 1.30. The number of methoxy groups -OCH3 is 1. The number of esters is 1. The number of hydrogen-bond acceptors (Lipinski definition) is 4. The summed E-state index contributed by atoms with van der Waals surface area (Å²) in [6.07, 6.45) is 0.487. The van der Waals surface area contributed by atoms with Gasteiger partial charge in [0.1, 0.15) is 11.3 Å². The van der Waals surface area contributed by atoms with Crippen LogP contribution in [-0.4, -0.2) is 24.5 Å². The van der Waals surface area contributed by atoms with Crippen LogP contribution in [0.4, 0.5) is 0 Å². The fourth-order valence-corrected chi connectivity index (χ4v) is 1.16. The normalized spacial score (nSPS) is 9.57. The average molecular weight is 194 g/mol. The Balaban J connectivity index is 3.39. The number of aryl methyl sites for hydroxylation is 1. The van der Waals surface area contributed by atoms with Crippen molar-refractivity contribution in [2.45, 2.75) is 6.92 Å². The number of phenols is 1. The highest BCUT2D eigenvalue weighted by Crippen LogP contribution is 2.25. The number of rotatable bonds is 2. The molecule has 0 fully saturated rings. The Bertz CT molecular complexity index is 382. The molecule has 0 heterocycles. The lowest BCUT2D eigenvalue weighted by molar-refractivity contribution is 0.0596. The maximum Gasteiger partial charge on any atom is 0.341 e. The second-order valence-corrected chi connectivity index (χ2v) is 2.80. The second kappa shape index (κ2) is 3.91. The number of carbonyl (C=O) groups excluding carboxylic acids is 2. The van der Waals surface area contributed by atoms with Crippen LogP contribution in [0.25, 0.3) is 0 Å². The molecule has 0 aliphatic heterocycles. The molecule has 74 valence electrons. The Morgan fingerprint density at radius 2 is 2.14 bits per heavy atom. The molecule has 0 atom stereocenters. The number of ether oxygens (including phenoxy) is 1. The summed E-state index contributed by atoms with van der Waals surface area (Å²) in [5.41, 5.74) is 0.688. The van der Waals surface area contributed by atoms with E-state index in [9.17, 15) is 14.7 Å². The van der Waals surface area contributed by atoms with Gasteiger partial charge < -0.3 is 9.84 Å². The minimum absolute atomic E-state index is 0.0390. The van der Waals surface area contributed by atoms with Crippen LogP contribution in [-0.2, 0) is 4.74 Å². The summed E-state index contributed by atoms with van der Waals surface area (Å²) >= 11 is 0. The average Bonchev–Trinajstić information content (AvgIpc) is 2.18. The molecule has 1 N–H and O–H groups in total. The van der Waals surface area contributed by atoms with Crippen molar-refractivity contribution >= 4 is 12.3 Å². The van der Waals surface area contributed by atoms with Crippen molar-refractivity contribution in [3.05, 3.63) is 28.8 Å². The Morgan fingerprint density at radius 1 is 1.50 bits per heavy atom. The predicted molar refractivity (Wildman–Crippen MR) is 49.6 cm³/mol. The van der Waals surface area contributed by atoms with Gasteiger partial charge in [0.05, 0.1) is 12.7 Å². The molecule has 0 aliphatic carbocycles. The van der Waals surface area contributed by atoms with E-state index in [2.05, 4.69) is 4.74 Å². The molecule has 1 rings (SSSR count). The third kappa shape index (κ3) is 1.59. The number of carbonyl (C=O) groups is 2. The van der Waals surface area contributed by atoms with Crippen LogP contribution < -0.4 is 0 Å². The first-order chi connectivity index (χ1) is 6.61. The first-order valence-corrected chi connectivity index (χ1v) is 3.98. The standard InChI is InChI=1S/C10H10O4/c1-6-3-4-7(5-11)9(12)8(6)10(13)14-2/h3-5,12H,1-2H3. The fraction of sp³-hybridized carbons (Fsp3) is 0.200. The van der Waals surface area contributed by atoms with Gasteiger partial charge in [-0.15, -0.1) is 0 Å². The molecular weight excluding hydrogens is 184 g/mol. The molecule has 14 heavy (non-hydrogen) atoms. The van der Waals surface area contributed by atoms with Crippen LogP contribution in [0.5, 0.6) is 5.75 Å². The van der Waals surface area contributed by atoms with Crippen LogP contribution in [0, 0.1) is 6.92 Å². The van der Waals surface area contributed by atoms with Gasteiger partial charge in [-0.2, -0.15) is 0 Å². The van der Waals surface area contributed by atoms with Gasteiger partial charge in [-0.1, -0.05) is 6.07 Å². The van der Waals surface area contributed by atoms with Crippen molar-refractivity contribution in [2.24, 2.45) is 0 Å². The minimum Gasteiger partial charge on any atom is -0.506 e. The highest BCUT2D eigenvalue weighted by atomic mass is 16.5. The lowest BCUT2D eigenvalue weighted by Crippen LogP contribution is -2.05. The van der Waals surface area contributed by atoms with E-state index in [1.54, 1.807) is 13.0 Å². The highest BCUT2D eigenvalue weighted by molar-refractivity contribution is 5.97. The van der Waals surface area contributed by atoms with E-state index in [0.717, 1.165) is 0 Å². The molecule has 4 nitrogen and oxygen atoms in total. The van der Waals surface area contributed by atoms with Crippen LogP contribution in [0.2, 0.25) is 0 Å². The maximum absolute atomic E-state index is 11.2. The topological polar surface area (TPSA) is 63.6 Å². The van der Waals surface area contributed by atoms with E-state index in [0.29, 0.717) is 11.8 Å². The smallest absolute Gasteiger partial charge is 0.341 e. The first-order valence-electron chi connectivity index (χ1n) is 3.98. The quantitative estimate of drug-likeness (QED) is 0.569. The number of benzene rings is 1. The Labute approximate surface area is 81.1 Å². The van der Waals surface area contributed by atoms with E-state index in [-0.39, 0.29) is 16.9 Å². The molecule has 1 aromatic carbocycles. The van der Waals surface area contributed by atoms with Gasteiger partial charge in [-0.05, 0) is 18.6 Å². The van der Waals surface area contributed by atoms with Crippen molar-refractivity contribution in [3.63, 3.8) is 0 Å². The summed E-state index contributed by atoms with van der Waals surface area (Å²) in [7, 11) is 1.22. The van der Waals surface area contributed by atoms with Crippen LogP contribution in [0.1, 0.15) is 26.3 Å². The molecule has 0 amide bonds. The van der Waals surface area contributed by atoms with Gasteiger partial charge in [-0.25, -0.2) is 4.79 Å². The molecule has 0 saturated heterocycles. The first kappa shape index (κ1) is 10.2. The van der Waals surface area contributed by atoms with Crippen molar-refractivity contribution in [3.8, 4) is 5.75 Å². The van der Waals surface area contributed by atoms with Crippen LogP contribution in [0.15, 0.2) is 12.1 Å². The van der Waals surface area contributed by atoms with Crippen LogP contribution in [0.3, 0.4) is 0 Å². The molecule has 0 saturated carbocycles. The van der Waals surface area contributed by atoms with E-state index in [1.807, 2.05) is 0 Å². The molecule has 0 aliphatic rings. The summed E-state index contributed by atoms with van der Waals surface area (Å²) < 4.78 is 4.48. The molecular formula is C10H10O4. The number of phenolic OH excluding ortho intramolecular Hbond substituents is 1. The monoisotopic (exact) mass is 194 g/mol. The number of aromatic hydroxyl groups is 1. The summed E-state index contributed by atoms with van der Waals surface area (Å²) in [6, 6.07) is 3.03. The van der Waals surface area contributed by atoms with Crippen molar-refractivity contribution in [1.29, 1.82) is 0 Å². The van der Waals surface area contributed by atoms with Gasteiger partial charge in [0.15, 0.2) is 6.29 Å². The highest BCUT2D eigenvalue weighted by Gasteiger charge is 2.17. The molecule has 0 spiro atoms. The summed E-state index contributed by atoms with van der Waals surface area (Å²) in [5.74, 6) is -0.976. The molecule has 4 heteroatoms. The number of hydrogen-bond donors (Lipinski definition) is 1. The van der Waals surface area contributed by atoms with Gasteiger partial charge >= 0.3 is 5.97 Å². The van der Waals surface area contributed by atoms with Crippen molar-refractivity contribution in [1.82, 2.24) is 0 Å². The van der Waals surface area contributed by atoms with Gasteiger partial charge in [0, 0.05) is 0 Å². The van der Waals surface area contributed by atoms with Crippen molar-refractivity contribution in [2.75, 3.05) is 7.11 Å².